The molecule has 0 heterocycles. The van der Waals surface area contributed by atoms with Crippen molar-refractivity contribution < 1.29 is 13.2 Å². The highest BCUT2D eigenvalue weighted by Crippen LogP contribution is 2.11. The molecule has 1 amide bonds. The molecule has 2 N–H and O–H groups in total. The molecule has 2 atom stereocenters. The number of amides is 1. The quantitative estimate of drug-likeness (QED) is 0.720. The maximum Gasteiger partial charge on any atom is 0.240 e. The molecule has 0 bridgehead atoms. The summed E-state index contributed by atoms with van der Waals surface area (Å²) >= 11 is 0. The number of nitrogens with zero attached hydrogens (tertiary/aromatic N) is 1. The minimum atomic E-state index is -3.47. The molecule has 5 nitrogen and oxygen atoms in total. The van der Waals surface area contributed by atoms with Crippen LogP contribution in [0.4, 0.5) is 0 Å². The van der Waals surface area contributed by atoms with Gasteiger partial charge in [-0.05, 0) is 27.7 Å². The van der Waals surface area contributed by atoms with Crippen molar-refractivity contribution in [2.24, 2.45) is 5.73 Å². The summed E-state index contributed by atoms with van der Waals surface area (Å²) in [5.74, 6) is -0.342. The third kappa shape index (κ3) is 3.18. The fourth-order valence-electron chi connectivity index (χ4n) is 1.42. The van der Waals surface area contributed by atoms with Crippen LogP contribution in [-0.4, -0.2) is 49.4 Å². The van der Waals surface area contributed by atoms with Crippen LogP contribution in [0.2, 0.25) is 0 Å². The number of hydrogen-bond acceptors (Lipinski definition) is 4. The predicted octanol–water partition coefficient (Wildman–Crippen LogP) is 0.00530. The first-order chi connectivity index (χ1) is 7.32. The van der Waals surface area contributed by atoms with Gasteiger partial charge in [-0.25, -0.2) is 8.42 Å². The van der Waals surface area contributed by atoms with Crippen molar-refractivity contribution in [3.8, 4) is 0 Å². The van der Waals surface area contributed by atoms with E-state index in [2.05, 4.69) is 0 Å². The molecular formula is C10H22N2O3S. The van der Waals surface area contributed by atoms with Gasteiger partial charge in [0.1, 0.15) is 5.25 Å². The number of sulfone groups is 1. The van der Waals surface area contributed by atoms with Crippen molar-refractivity contribution in [2.75, 3.05) is 19.6 Å². The van der Waals surface area contributed by atoms with Crippen molar-refractivity contribution in [1.29, 1.82) is 0 Å². The van der Waals surface area contributed by atoms with Crippen molar-refractivity contribution in [3.63, 3.8) is 0 Å². The molecule has 0 aliphatic heterocycles. The molecule has 0 aliphatic carbocycles. The standard InChI is InChI=1S/C10H22N2O3S/c1-5-12(6-2)10(13)9(4)16(14,15)8(3)7-11/h8-9H,5-7,11H2,1-4H3. The molecule has 0 spiro atoms. The second-order valence-electron chi connectivity index (χ2n) is 3.79. The van der Waals surface area contributed by atoms with E-state index in [1.807, 2.05) is 13.8 Å². The lowest BCUT2D eigenvalue weighted by Crippen LogP contribution is -2.45. The second kappa shape index (κ2) is 6.20. The summed E-state index contributed by atoms with van der Waals surface area (Å²) in [7, 11) is -3.47. The third-order valence-electron chi connectivity index (χ3n) is 2.81. The minimum Gasteiger partial charge on any atom is -0.342 e. The van der Waals surface area contributed by atoms with E-state index < -0.39 is 20.3 Å². The topological polar surface area (TPSA) is 80.5 Å². The van der Waals surface area contributed by atoms with E-state index in [1.165, 1.54) is 18.7 Å². The van der Waals surface area contributed by atoms with Gasteiger partial charge in [0.25, 0.3) is 0 Å². The summed E-state index contributed by atoms with van der Waals surface area (Å²) in [6, 6.07) is 0. The van der Waals surface area contributed by atoms with Crippen LogP contribution < -0.4 is 5.73 Å². The van der Waals surface area contributed by atoms with Gasteiger partial charge in [-0.2, -0.15) is 0 Å². The normalized spacial score (nSPS) is 15.6. The molecule has 0 radical (unpaired) electrons. The average molecular weight is 250 g/mol. The molecule has 0 fully saturated rings. The Morgan fingerprint density at radius 2 is 1.69 bits per heavy atom. The lowest BCUT2D eigenvalue weighted by molar-refractivity contribution is -0.130. The van der Waals surface area contributed by atoms with E-state index in [9.17, 15) is 13.2 Å². The maximum absolute atomic E-state index is 11.9. The maximum atomic E-state index is 11.9. The lowest BCUT2D eigenvalue weighted by atomic mass is 10.4. The van der Waals surface area contributed by atoms with E-state index in [0.29, 0.717) is 13.1 Å². The Morgan fingerprint density at radius 3 is 2.00 bits per heavy atom. The summed E-state index contributed by atoms with van der Waals surface area (Å²) in [5.41, 5.74) is 5.33. The number of hydrogen-bond donors (Lipinski definition) is 1. The molecular weight excluding hydrogens is 228 g/mol. The number of nitrogens with two attached hydrogens (primary N) is 1. The number of carbonyl (C=O) groups excluding carboxylic acids is 1. The van der Waals surface area contributed by atoms with Crippen LogP contribution in [-0.2, 0) is 14.6 Å². The van der Waals surface area contributed by atoms with Gasteiger partial charge in [-0.3, -0.25) is 4.79 Å². The van der Waals surface area contributed by atoms with E-state index >= 15 is 0 Å². The van der Waals surface area contributed by atoms with E-state index in [0.717, 1.165) is 0 Å². The molecule has 0 aliphatic rings. The van der Waals surface area contributed by atoms with Gasteiger partial charge in [0, 0.05) is 19.6 Å². The SMILES string of the molecule is CCN(CC)C(=O)C(C)S(=O)(=O)C(C)CN. The molecule has 0 rings (SSSR count). The Morgan fingerprint density at radius 1 is 1.25 bits per heavy atom. The van der Waals surface area contributed by atoms with Crippen molar-refractivity contribution in [2.45, 2.75) is 38.2 Å². The van der Waals surface area contributed by atoms with Crippen LogP contribution in [0.5, 0.6) is 0 Å². The predicted molar refractivity (Wildman–Crippen MR) is 64.8 cm³/mol. The van der Waals surface area contributed by atoms with Crippen LogP contribution in [0.15, 0.2) is 0 Å². The fraction of sp³-hybridized carbons (Fsp3) is 0.900. The molecule has 0 saturated carbocycles. The average Bonchev–Trinajstić information content (AvgIpc) is 2.28. The Labute approximate surface area is 97.9 Å². The highest BCUT2D eigenvalue weighted by atomic mass is 32.2. The smallest absolute Gasteiger partial charge is 0.240 e. The third-order valence-corrected chi connectivity index (χ3v) is 5.31. The van der Waals surface area contributed by atoms with E-state index in [1.54, 1.807) is 0 Å². The van der Waals surface area contributed by atoms with Crippen molar-refractivity contribution in [1.82, 2.24) is 4.90 Å². The van der Waals surface area contributed by atoms with Crippen molar-refractivity contribution in [3.05, 3.63) is 0 Å². The molecule has 96 valence electrons. The summed E-state index contributed by atoms with van der Waals surface area (Å²) in [5, 5.41) is -1.69. The van der Waals surface area contributed by atoms with Crippen LogP contribution in [0.25, 0.3) is 0 Å². The Balaban J connectivity index is 4.93. The van der Waals surface area contributed by atoms with Gasteiger partial charge in [0.15, 0.2) is 9.84 Å². The van der Waals surface area contributed by atoms with Gasteiger partial charge >= 0.3 is 0 Å². The molecule has 0 aromatic heterocycles. The van der Waals surface area contributed by atoms with Crippen molar-refractivity contribution >= 4 is 15.7 Å². The fourth-order valence-corrected chi connectivity index (χ4v) is 2.81. The second-order valence-corrected chi connectivity index (χ2v) is 6.48. The molecule has 16 heavy (non-hydrogen) atoms. The Bertz CT molecular complexity index is 323. The van der Waals surface area contributed by atoms with Crippen LogP contribution in [0.3, 0.4) is 0 Å². The Kier molecular flexibility index (Phi) is 5.96. The zero-order valence-electron chi connectivity index (χ0n) is 10.4. The first kappa shape index (κ1) is 15.4. The highest BCUT2D eigenvalue weighted by molar-refractivity contribution is 7.93. The molecule has 2 unspecified atom stereocenters. The zero-order chi connectivity index (χ0) is 12.9. The summed E-state index contributed by atoms with van der Waals surface area (Å²) in [4.78, 5) is 13.4. The van der Waals surface area contributed by atoms with Gasteiger partial charge < -0.3 is 10.6 Å². The summed E-state index contributed by atoms with van der Waals surface area (Å²) in [6.45, 7) is 7.69. The first-order valence-corrected chi connectivity index (χ1v) is 7.15. The van der Waals surface area contributed by atoms with Gasteiger partial charge in [-0.15, -0.1) is 0 Å². The van der Waals surface area contributed by atoms with Crippen LogP contribution in [0.1, 0.15) is 27.7 Å². The molecule has 0 aromatic carbocycles. The van der Waals surface area contributed by atoms with Crippen LogP contribution in [0, 0.1) is 0 Å². The van der Waals surface area contributed by atoms with Crippen LogP contribution >= 0.6 is 0 Å². The molecule has 6 heteroatoms. The summed E-state index contributed by atoms with van der Waals surface area (Å²) < 4.78 is 23.8. The van der Waals surface area contributed by atoms with E-state index in [4.69, 9.17) is 5.73 Å². The van der Waals surface area contributed by atoms with Gasteiger partial charge in [0.2, 0.25) is 5.91 Å². The lowest BCUT2D eigenvalue weighted by Gasteiger charge is -2.24. The highest BCUT2D eigenvalue weighted by Gasteiger charge is 2.34. The Hall–Kier alpha value is -0.620. The molecule has 0 saturated heterocycles. The minimum absolute atomic E-state index is 0.0399. The van der Waals surface area contributed by atoms with Gasteiger partial charge in [-0.1, -0.05) is 0 Å². The van der Waals surface area contributed by atoms with E-state index in [-0.39, 0.29) is 12.5 Å². The zero-order valence-corrected chi connectivity index (χ0v) is 11.3. The number of rotatable bonds is 6. The number of carbonyl (C=O) groups is 1. The largest absolute Gasteiger partial charge is 0.342 e. The van der Waals surface area contributed by atoms with Gasteiger partial charge in [0.05, 0.1) is 5.25 Å². The summed E-state index contributed by atoms with van der Waals surface area (Å²) in [6.07, 6.45) is 0. The first-order valence-electron chi connectivity index (χ1n) is 5.54. The monoisotopic (exact) mass is 250 g/mol. The molecule has 0 aromatic rings.